The van der Waals surface area contributed by atoms with E-state index in [1.54, 1.807) is 24.3 Å². The van der Waals surface area contributed by atoms with Crippen LogP contribution in [0.2, 0.25) is 0 Å². The molecule has 3 amide bonds. The number of hydrogen-bond donors (Lipinski definition) is 1. The summed E-state index contributed by atoms with van der Waals surface area (Å²) < 4.78 is 0.895. The third kappa shape index (κ3) is 3.52. The molecule has 6 nitrogen and oxygen atoms in total. The Kier molecular flexibility index (Phi) is 5.13. The number of rotatable bonds is 3. The van der Waals surface area contributed by atoms with Crippen LogP contribution in [0.4, 0.5) is 11.4 Å². The zero-order valence-electron chi connectivity index (χ0n) is 17.3. The summed E-state index contributed by atoms with van der Waals surface area (Å²) >= 11 is 3.46. The van der Waals surface area contributed by atoms with Crippen LogP contribution in [0.3, 0.4) is 0 Å². The largest absolute Gasteiger partial charge is 0.321 e. The third-order valence-corrected chi connectivity index (χ3v) is 6.54. The van der Waals surface area contributed by atoms with Crippen molar-refractivity contribution in [2.24, 2.45) is 11.8 Å². The minimum atomic E-state index is -0.280. The summed E-state index contributed by atoms with van der Waals surface area (Å²) in [7, 11) is 0. The van der Waals surface area contributed by atoms with Crippen LogP contribution in [0.15, 0.2) is 65.2 Å². The van der Waals surface area contributed by atoms with Crippen molar-refractivity contribution in [3.05, 3.63) is 76.4 Å². The fourth-order valence-electron chi connectivity index (χ4n) is 4.44. The Labute approximate surface area is 193 Å². The van der Waals surface area contributed by atoms with Crippen LogP contribution >= 0.6 is 15.9 Å². The van der Waals surface area contributed by atoms with Crippen LogP contribution in [0, 0.1) is 18.8 Å². The summed E-state index contributed by atoms with van der Waals surface area (Å²) in [4.78, 5) is 44.3. The Bertz CT molecular complexity index is 1270. The van der Waals surface area contributed by atoms with E-state index in [9.17, 15) is 14.4 Å². The van der Waals surface area contributed by atoms with E-state index >= 15 is 0 Å². The van der Waals surface area contributed by atoms with Crippen molar-refractivity contribution >= 4 is 55.9 Å². The third-order valence-electron chi connectivity index (χ3n) is 6.04. The Morgan fingerprint density at radius 3 is 2.31 bits per heavy atom. The molecule has 5 rings (SSSR count). The van der Waals surface area contributed by atoms with Gasteiger partial charge in [0.05, 0.1) is 28.7 Å². The first kappa shape index (κ1) is 20.6. The van der Waals surface area contributed by atoms with Gasteiger partial charge in [-0.3, -0.25) is 24.3 Å². The number of fused-ring (bicyclic) bond motifs is 2. The number of nitrogens with zero attached hydrogens (tertiary/aromatic N) is 2. The second kappa shape index (κ2) is 7.98. The van der Waals surface area contributed by atoms with Gasteiger partial charge in [0, 0.05) is 21.1 Å². The highest BCUT2D eigenvalue weighted by Gasteiger charge is 2.47. The van der Waals surface area contributed by atoms with Gasteiger partial charge >= 0.3 is 0 Å². The smallest absolute Gasteiger partial charge is 0.255 e. The van der Waals surface area contributed by atoms with Gasteiger partial charge in [-0.2, -0.15) is 0 Å². The van der Waals surface area contributed by atoms with Gasteiger partial charge in [-0.05, 0) is 68.3 Å². The molecule has 160 valence electrons. The molecule has 0 spiro atoms. The number of hydrogen-bond acceptors (Lipinski definition) is 4. The van der Waals surface area contributed by atoms with Crippen molar-refractivity contribution in [3.8, 4) is 0 Å². The lowest BCUT2D eigenvalue weighted by Gasteiger charge is -2.15. The van der Waals surface area contributed by atoms with E-state index in [1.807, 2.05) is 43.3 Å². The molecule has 2 unspecified atom stereocenters. The average Bonchev–Trinajstić information content (AvgIpc) is 3.04. The van der Waals surface area contributed by atoms with Gasteiger partial charge < -0.3 is 5.32 Å². The van der Waals surface area contributed by atoms with E-state index in [-0.39, 0.29) is 29.6 Å². The topological polar surface area (TPSA) is 79.4 Å². The molecule has 1 aliphatic carbocycles. The predicted octanol–water partition coefficient (Wildman–Crippen LogP) is 5.01. The minimum absolute atomic E-state index is 0.161. The number of amides is 3. The zero-order chi connectivity index (χ0) is 22.4. The van der Waals surface area contributed by atoms with Crippen LogP contribution in [-0.4, -0.2) is 22.7 Å². The molecule has 2 heterocycles. The van der Waals surface area contributed by atoms with E-state index in [0.717, 1.165) is 21.1 Å². The monoisotopic (exact) mass is 489 g/mol. The number of halogens is 1. The second-order valence-electron chi connectivity index (χ2n) is 8.14. The van der Waals surface area contributed by atoms with Gasteiger partial charge in [-0.1, -0.05) is 28.1 Å². The molecule has 2 atom stereocenters. The number of carbonyl (C=O) groups is 3. The fraction of sp³-hybridized carbons (Fsp3) is 0.200. The molecule has 1 N–H and O–H groups in total. The summed E-state index contributed by atoms with van der Waals surface area (Å²) in [6.07, 6.45) is 5.13. The molecule has 3 aromatic rings. The first-order valence-corrected chi connectivity index (χ1v) is 11.2. The number of anilines is 2. The number of aryl methyl sites for hydroxylation is 1. The Hall–Kier alpha value is -3.32. The van der Waals surface area contributed by atoms with Gasteiger partial charge in [0.25, 0.3) is 5.91 Å². The standard InChI is InChI=1S/C25H20BrN3O3/c1-14-12-22(20-13-16(26)8-11-21(20)27-14)28-23(30)15-6-9-17(10-7-15)29-24(31)18-4-2-3-5-19(18)25(29)32/h2-3,6-13,18-19H,4-5H2,1H3,(H,27,28,30). The average molecular weight is 490 g/mol. The number of carbonyl (C=O) groups excluding carboxylic acids is 3. The number of pyridine rings is 1. The van der Waals surface area contributed by atoms with Crippen LogP contribution in [0.5, 0.6) is 0 Å². The number of aromatic nitrogens is 1. The molecule has 7 heteroatoms. The summed E-state index contributed by atoms with van der Waals surface area (Å²) in [5.41, 5.74) is 3.20. The highest BCUT2D eigenvalue weighted by atomic mass is 79.9. The van der Waals surface area contributed by atoms with Gasteiger partial charge in [0.1, 0.15) is 0 Å². The predicted molar refractivity (Wildman–Crippen MR) is 126 cm³/mol. The molecule has 0 bridgehead atoms. The van der Waals surface area contributed by atoms with Crippen molar-refractivity contribution < 1.29 is 14.4 Å². The molecule has 1 aromatic heterocycles. The summed E-state index contributed by atoms with van der Waals surface area (Å²) in [6, 6.07) is 14.1. The Balaban J connectivity index is 1.39. The van der Waals surface area contributed by atoms with E-state index in [2.05, 4.69) is 26.2 Å². The zero-order valence-corrected chi connectivity index (χ0v) is 18.9. The molecule has 1 saturated heterocycles. The molecule has 0 saturated carbocycles. The van der Waals surface area contributed by atoms with E-state index in [0.29, 0.717) is 29.8 Å². The Morgan fingerprint density at radius 2 is 1.66 bits per heavy atom. The minimum Gasteiger partial charge on any atom is -0.321 e. The van der Waals surface area contributed by atoms with Crippen molar-refractivity contribution in [2.75, 3.05) is 10.2 Å². The summed E-state index contributed by atoms with van der Waals surface area (Å²) in [5, 5.41) is 3.79. The molecule has 0 radical (unpaired) electrons. The highest BCUT2D eigenvalue weighted by molar-refractivity contribution is 9.10. The van der Waals surface area contributed by atoms with Crippen molar-refractivity contribution in [2.45, 2.75) is 19.8 Å². The molecular formula is C25H20BrN3O3. The summed E-state index contributed by atoms with van der Waals surface area (Å²) in [6.45, 7) is 1.88. The van der Waals surface area contributed by atoms with Gasteiger partial charge in [-0.25, -0.2) is 0 Å². The highest BCUT2D eigenvalue weighted by Crippen LogP contribution is 2.37. The van der Waals surface area contributed by atoms with Crippen molar-refractivity contribution in [1.29, 1.82) is 0 Å². The lowest BCUT2D eigenvalue weighted by Crippen LogP contribution is -2.30. The maximum atomic E-state index is 12.9. The SMILES string of the molecule is Cc1cc(NC(=O)c2ccc(N3C(=O)C4CC=CCC4C3=O)cc2)c2cc(Br)ccc2n1. The molecule has 1 aliphatic heterocycles. The fourth-order valence-corrected chi connectivity index (χ4v) is 4.81. The maximum absolute atomic E-state index is 12.9. The molecule has 2 aliphatic rings. The number of imide groups is 1. The van der Waals surface area contributed by atoms with Crippen LogP contribution in [-0.2, 0) is 9.59 Å². The Morgan fingerprint density at radius 1 is 1.00 bits per heavy atom. The van der Waals surface area contributed by atoms with Crippen molar-refractivity contribution in [1.82, 2.24) is 4.98 Å². The molecule has 2 aromatic carbocycles. The second-order valence-corrected chi connectivity index (χ2v) is 9.06. The van der Waals surface area contributed by atoms with Crippen LogP contribution in [0.1, 0.15) is 28.9 Å². The van der Waals surface area contributed by atoms with E-state index in [1.165, 1.54) is 4.90 Å². The molecule has 32 heavy (non-hydrogen) atoms. The van der Waals surface area contributed by atoms with Gasteiger partial charge in [0.2, 0.25) is 11.8 Å². The van der Waals surface area contributed by atoms with Gasteiger partial charge in [0.15, 0.2) is 0 Å². The molecular weight excluding hydrogens is 470 g/mol. The maximum Gasteiger partial charge on any atom is 0.255 e. The number of benzene rings is 2. The number of nitrogens with one attached hydrogen (secondary N) is 1. The van der Waals surface area contributed by atoms with E-state index < -0.39 is 0 Å². The lowest BCUT2D eigenvalue weighted by atomic mass is 9.85. The van der Waals surface area contributed by atoms with Crippen LogP contribution in [0.25, 0.3) is 10.9 Å². The van der Waals surface area contributed by atoms with Gasteiger partial charge in [-0.15, -0.1) is 0 Å². The van der Waals surface area contributed by atoms with Crippen LogP contribution < -0.4 is 10.2 Å². The van der Waals surface area contributed by atoms with E-state index in [4.69, 9.17) is 0 Å². The first-order valence-electron chi connectivity index (χ1n) is 10.4. The molecule has 1 fully saturated rings. The number of allylic oxidation sites excluding steroid dienone is 2. The summed E-state index contributed by atoms with van der Waals surface area (Å²) in [5.74, 6) is -1.16. The lowest BCUT2D eigenvalue weighted by molar-refractivity contribution is -0.122. The normalized spacial score (nSPS) is 20.0. The van der Waals surface area contributed by atoms with Crippen molar-refractivity contribution in [3.63, 3.8) is 0 Å². The first-order chi connectivity index (χ1) is 15.4. The quantitative estimate of drug-likeness (QED) is 0.414.